The summed E-state index contributed by atoms with van der Waals surface area (Å²) in [5.41, 5.74) is 1.79. The summed E-state index contributed by atoms with van der Waals surface area (Å²) in [7, 11) is 0. The minimum absolute atomic E-state index is 0. The van der Waals surface area contributed by atoms with Crippen LogP contribution in [0.15, 0.2) is 64.9 Å². The quantitative estimate of drug-likeness (QED) is 0.219. The molecule has 0 aliphatic carbocycles. The van der Waals surface area contributed by atoms with E-state index < -0.39 is 0 Å². The number of fused-ring (bicyclic) bond motifs is 1. The molecular weight excluding hydrogens is 452 g/mol. The van der Waals surface area contributed by atoms with Crippen molar-refractivity contribution in [3.8, 4) is 0 Å². The Morgan fingerprint density at radius 1 is 0.788 bits per heavy atom. The van der Waals surface area contributed by atoms with E-state index in [0.717, 1.165) is 32.7 Å². The van der Waals surface area contributed by atoms with Crippen LogP contribution in [0.1, 0.15) is 51.3 Å². The first kappa shape index (κ1) is 34.6. The van der Waals surface area contributed by atoms with E-state index >= 15 is 0 Å². The molecule has 0 amide bonds. The molecule has 0 radical (unpaired) electrons. The Bertz CT molecular complexity index is 984. The summed E-state index contributed by atoms with van der Waals surface area (Å²) >= 11 is 3.08. The molecule has 4 heterocycles. The van der Waals surface area contributed by atoms with Gasteiger partial charge in [0.2, 0.25) is 0 Å². The molecular formula is C24H38N6OS2. The van der Waals surface area contributed by atoms with E-state index in [0.29, 0.717) is 0 Å². The van der Waals surface area contributed by atoms with Gasteiger partial charge in [-0.25, -0.2) is 15.0 Å². The predicted octanol–water partition coefficient (Wildman–Crippen LogP) is 7.76. The number of aryl methyl sites for hydroxylation is 4. The molecule has 0 saturated carbocycles. The van der Waals surface area contributed by atoms with Crippen LogP contribution in [0.3, 0.4) is 0 Å². The number of thiazole rings is 1. The first-order valence-electron chi connectivity index (χ1n) is 8.70. The maximum atomic E-state index is 5.26. The van der Waals surface area contributed by atoms with Crippen molar-refractivity contribution in [3.05, 3.63) is 82.1 Å². The normalized spacial score (nSPS) is 8.24. The van der Waals surface area contributed by atoms with Crippen LogP contribution < -0.4 is 0 Å². The van der Waals surface area contributed by atoms with Crippen molar-refractivity contribution in [3.63, 3.8) is 0 Å². The van der Waals surface area contributed by atoms with E-state index in [4.69, 9.17) is 4.42 Å². The van der Waals surface area contributed by atoms with Gasteiger partial charge in [0.05, 0.1) is 11.2 Å². The second-order valence-electron chi connectivity index (χ2n) is 5.58. The number of aromatic nitrogens is 6. The Balaban J connectivity index is -0.000000358. The van der Waals surface area contributed by atoms with E-state index in [2.05, 4.69) is 29.5 Å². The summed E-state index contributed by atoms with van der Waals surface area (Å²) in [6, 6.07) is 9.53. The SMILES string of the molecule is C.C.C.C.Cc1cnns1.Cc1nc2ccccc2o1.Cc1ncccn1.Cc1nccs1. The maximum absolute atomic E-state index is 5.26. The van der Waals surface area contributed by atoms with Crippen molar-refractivity contribution in [1.82, 2.24) is 29.5 Å². The van der Waals surface area contributed by atoms with Gasteiger partial charge in [0, 0.05) is 35.8 Å². The predicted molar refractivity (Wildman–Crippen MR) is 144 cm³/mol. The fraction of sp³-hybridized carbons (Fsp3) is 0.333. The second-order valence-corrected chi connectivity index (χ2v) is 7.66. The topological polar surface area (TPSA) is 90.5 Å². The lowest BCUT2D eigenvalue weighted by molar-refractivity contribution is 0.561. The van der Waals surface area contributed by atoms with Crippen LogP contribution in [0.4, 0.5) is 0 Å². The Morgan fingerprint density at radius 2 is 1.45 bits per heavy atom. The third kappa shape index (κ3) is 14.6. The number of nitrogens with zero attached hydrogens (tertiary/aromatic N) is 6. The van der Waals surface area contributed by atoms with Gasteiger partial charge in [-0.05, 0) is 50.5 Å². The molecule has 0 N–H and O–H groups in total. The highest BCUT2D eigenvalue weighted by Gasteiger charge is 1.97. The zero-order chi connectivity index (χ0) is 20.9. The van der Waals surface area contributed by atoms with Gasteiger partial charge in [0.25, 0.3) is 0 Å². The van der Waals surface area contributed by atoms with Crippen molar-refractivity contribution < 1.29 is 4.42 Å². The third-order valence-electron chi connectivity index (χ3n) is 3.12. The van der Waals surface area contributed by atoms with Gasteiger partial charge in [-0.1, -0.05) is 46.3 Å². The summed E-state index contributed by atoms with van der Waals surface area (Å²) in [5.74, 6) is 1.55. The van der Waals surface area contributed by atoms with Crippen molar-refractivity contribution in [2.75, 3.05) is 0 Å². The first-order valence-corrected chi connectivity index (χ1v) is 10.4. The van der Waals surface area contributed by atoms with Crippen LogP contribution >= 0.6 is 22.9 Å². The Labute approximate surface area is 207 Å². The minimum atomic E-state index is 0. The smallest absolute Gasteiger partial charge is 0.192 e. The molecule has 7 nitrogen and oxygen atoms in total. The Morgan fingerprint density at radius 3 is 1.82 bits per heavy atom. The van der Waals surface area contributed by atoms with Gasteiger partial charge in [0.1, 0.15) is 11.3 Å². The van der Waals surface area contributed by atoms with E-state index in [1.54, 1.807) is 42.2 Å². The monoisotopic (exact) mass is 490 g/mol. The number of hydrogen-bond donors (Lipinski definition) is 0. The highest BCUT2D eigenvalue weighted by molar-refractivity contribution is 7.09. The summed E-state index contributed by atoms with van der Waals surface area (Å²) in [6.07, 6.45) is 7.00. The highest BCUT2D eigenvalue weighted by atomic mass is 32.1. The lowest BCUT2D eigenvalue weighted by Gasteiger charge is -1.81. The van der Waals surface area contributed by atoms with Crippen LogP contribution in [-0.2, 0) is 0 Å². The lowest BCUT2D eigenvalue weighted by Crippen LogP contribution is -1.80. The van der Waals surface area contributed by atoms with Gasteiger partial charge in [-0.3, -0.25) is 4.98 Å². The van der Waals surface area contributed by atoms with Gasteiger partial charge in [0.15, 0.2) is 11.5 Å². The average molecular weight is 491 g/mol. The molecule has 5 rings (SSSR count). The van der Waals surface area contributed by atoms with Gasteiger partial charge < -0.3 is 4.42 Å². The molecule has 4 aromatic heterocycles. The third-order valence-corrected chi connectivity index (χ3v) is 4.40. The largest absolute Gasteiger partial charge is 0.441 e. The fourth-order valence-electron chi connectivity index (χ4n) is 1.87. The van der Waals surface area contributed by atoms with Crippen LogP contribution in [0.2, 0.25) is 0 Å². The second kappa shape index (κ2) is 19.6. The molecule has 0 aliphatic rings. The Kier molecular flexibility index (Phi) is 20.6. The van der Waals surface area contributed by atoms with Crippen molar-refractivity contribution in [1.29, 1.82) is 0 Å². The van der Waals surface area contributed by atoms with Crippen LogP contribution in [0, 0.1) is 27.7 Å². The molecule has 0 bridgehead atoms. The molecule has 0 aliphatic heterocycles. The van der Waals surface area contributed by atoms with Gasteiger partial charge in [-0.2, -0.15) is 0 Å². The van der Waals surface area contributed by atoms with Crippen molar-refractivity contribution in [2.24, 2.45) is 0 Å². The van der Waals surface area contributed by atoms with E-state index in [-0.39, 0.29) is 29.7 Å². The number of benzene rings is 1. The van der Waals surface area contributed by atoms with Crippen molar-refractivity contribution >= 4 is 34.0 Å². The maximum Gasteiger partial charge on any atom is 0.192 e. The lowest BCUT2D eigenvalue weighted by atomic mass is 10.3. The van der Waals surface area contributed by atoms with Crippen LogP contribution in [0.5, 0.6) is 0 Å². The van der Waals surface area contributed by atoms with E-state index in [9.17, 15) is 0 Å². The average Bonchev–Trinajstić information content (AvgIpc) is 3.46. The first-order chi connectivity index (χ1) is 14.0. The highest BCUT2D eigenvalue weighted by Crippen LogP contribution is 2.12. The van der Waals surface area contributed by atoms with Crippen molar-refractivity contribution in [2.45, 2.75) is 57.4 Å². The van der Waals surface area contributed by atoms with E-state index in [1.165, 1.54) is 11.5 Å². The summed E-state index contributed by atoms with van der Waals surface area (Å²) in [5, 5.41) is 6.69. The molecule has 9 heteroatoms. The molecule has 1 aromatic carbocycles. The Hall–Kier alpha value is -3.04. The van der Waals surface area contributed by atoms with E-state index in [1.807, 2.05) is 57.3 Å². The van der Waals surface area contributed by atoms with Gasteiger partial charge >= 0.3 is 0 Å². The zero-order valence-corrected chi connectivity index (χ0v) is 18.3. The minimum Gasteiger partial charge on any atom is -0.441 e. The number of para-hydroxylation sites is 2. The molecule has 5 aromatic rings. The fourth-order valence-corrected chi connectivity index (χ4v) is 2.63. The van der Waals surface area contributed by atoms with Gasteiger partial charge in [-0.15, -0.1) is 16.4 Å². The summed E-state index contributed by atoms with van der Waals surface area (Å²) in [6.45, 7) is 7.68. The number of hydrogen-bond acceptors (Lipinski definition) is 9. The molecule has 0 atom stereocenters. The molecule has 182 valence electrons. The molecule has 0 unspecified atom stereocenters. The summed E-state index contributed by atoms with van der Waals surface area (Å²) in [4.78, 5) is 17.0. The molecule has 0 saturated heterocycles. The summed E-state index contributed by atoms with van der Waals surface area (Å²) < 4.78 is 8.87. The number of oxazole rings is 1. The molecule has 33 heavy (non-hydrogen) atoms. The standard InChI is InChI=1S/C8H7NO.C5H6N2.C4H5NS.C3H4N2S.4CH4/c1-6-9-7-4-2-3-5-8(7)10-6;1-5-6-3-2-4-7-5;1-4-5-2-3-6-4;1-3-2-4-5-6-3;;;;/h2-5H,1H3;2-4H,1H3;2-3H,1H3;2H,1H3;4*1H4. The molecule has 0 spiro atoms. The van der Waals surface area contributed by atoms with Crippen LogP contribution in [-0.4, -0.2) is 29.5 Å². The zero-order valence-electron chi connectivity index (χ0n) is 16.7. The molecule has 0 fully saturated rings. The van der Waals surface area contributed by atoms with Crippen LogP contribution in [0.25, 0.3) is 11.1 Å². The number of rotatable bonds is 0.